The first kappa shape index (κ1) is 10.9. The van der Waals surface area contributed by atoms with Crippen LogP contribution in [0.5, 0.6) is 0 Å². The van der Waals surface area contributed by atoms with Gasteiger partial charge in [-0.1, -0.05) is 0 Å². The zero-order chi connectivity index (χ0) is 10.1. The van der Waals surface area contributed by atoms with Crippen LogP contribution in [0.2, 0.25) is 0 Å². The first-order chi connectivity index (χ1) is 5.93. The number of hydroxylamine groups is 2. The molecule has 1 rings (SSSR count). The predicted octanol–water partition coefficient (Wildman–Crippen LogP) is -0.394. The number of rotatable bonds is 2. The molecule has 0 aromatic rings. The number of hydrogen-bond donors (Lipinski definition) is 3. The Bertz CT molecular complexity index is 173. The van der Waals surface area contributed by atoms with Crippen LogP contribution in [0.4, 0.5) is 0 Å². The summed E-state index contributed by atoms with van der Waals surface area (Å²) in [7, 11) is 0. The van der Waals surface area contributed by atoms with Crippen molar-refractivity contribution in [2.24, 2.45) is 0 Å². The van der Waals surface area contributed by atoms with Gasteiger partial charge in [0.05, 0.1) is 6.10 Å². The number of nitrogens with one attached hydrogen (secondary N) is 1. The normalized spacial score (nSPS) is 36.9. The van der Waals surface area contributed by atoms with Gasteiger partial charge in [-0.2, -0.15) is 0 Å². The number of hydrogen-bond acceptors (Lipinski definition) is 5. The van der Waals surface area contributed by atoms with Crippen LogP contribution in [0.25, 0.3) is 0 Å². The first-order valence-corrected chi connectivity index (χ1v) is 4.53. The highest BCUT2D eigenvalue weighted by molar-refractivity contribution is 4.77. The highest BCUT2D eigenvalue weighted by Gasteiger charge is 2.39. The third kappa shape index (κ3) is 2.62. The van der Waals surface area contributed by atoms with Crippen molar-refractivity contribution in [2.75, 3.05) is 6.54 Å². The van der Waals surface area contributed by atoms with Crippen LogP contribution in [0, 0.1) is 0 Å². The van der Waals surface area contributed by atoms with Gasteiger partial charge in [-0.3, -0.25) is 10.2 Å². The largest absolute Gasteiger partial charge is 0.374 e. The third-order valence-corrected chi connectivity index (χ3v) is 1.95. The molecular weight excluding hydrogens is 172 g/mol. The maximum Gasteiger partial charge on any atom is 0.188 e. The van der Waals surface area contributed by atoms with Crippen LogP contribution in [-0.2, 0) is 4.84 Å². The Hall–Kier alpha value is -0.200. The molecule has 0 bridgehead atoms. The Morgan fingerprint density at radius 1 is 1.62 bits per heavy atom. The summed E-state index contributed by atoms with van der Waals surface area (Å²) in [6, 6.07) is 0. The molecule has 1 aliphatic rings. The van der Waals surface area contributed by atoms with E-state index >= 15 is 0 Å². The molecule has 0 aliphatic carbocycles. The molecule has 0 amide bonds. The van der Waals surface area contributed by atoms with Crippen LogP contribution in [0.15, 0.2) is 0 Å². The molecule has 0 aromatic heterocycles. The third-order valence-electron chi connectivity index (χ3n) is 1.95. The Kier molecular flexibility index (Phi) is 3.26. The van der Waals surface area contributed by atoms with Gasteiger partial charge in [0.2, 0.25) is 0 Å². The van der Waals surface area contributed by atoms with E-state index in [2.05, 4.69) is 5.32 Å². The minimum absolute atomic E-state index is 0.0685. The summed E-state index contributed by atoms with van der Waals surface area (Å²) in [5.74, 6) is 0. The molecule has 3 N–H and O–H groups in total. The SMILES string of the molecule is CC(C)ON1C(O)NCCC1(C)O. The number of nitrogens with zero attached hydrogens (tertiary/aromatic N) is 1. The predicted molar refractivity (Wildman–Crippen MR) is 47.3 cm³/mol. The van der Waals surface area contributed by atoms with Crippen molar-refractivity contribution in [1.29, 1.82) is 0 Å². The highest BCUT2D eigenvalue weighted by atomic mass is 16.7. The van der Waals surface area contributed by atoms with E-state index < -0.39 is 12.1 Å². The van der Waals surface area contributed by atoms with Crippen molar-refractivity contribution in [1.82, 2.24) is 10.4 Å². The van der Waals surface area contributed by atoms with Gasteiger partial charge in [0.1, 0.15) is 5.72 Å². The quantitative estimate of drug-likeness (QED) is 0.553. The van der Waals surface area contributed by atoms with E-state index in [4.69, 9.17) is 4.84 Å². The minimum Gasteiger partial charge on any atom is -0.374 e. The van der Waals surface area contributed by atoms with Crippen molar-refractivity contribution in [3.63, 3.8) is 0 Å². The summed E-state index contributed by atoms with van der Waals surface area (Å²) in [5, 5.41) is 23.3. The topological polar surface area (TPSA) is 65.0 Å². The first-order valence-electron chi connectivity index (χ1n) is 4.53. The van der Waals surface area contributed by atoms with Gasteiger partial charge in [-0.25, -0.2) is 0 Å². The molecule has 5 heteroatoms. The minimum atomic E-state index is -1.10. The molecule has 13 heavy (non-hydrogen) atoms. The molecule has 0 aromatic carbocycles. The maximum absolute atomic E-state index is 9.85. The van der Waals surface area contributed by atoms with Crippen LogP contribution in [-0.4, -0.2) is 40.0 Å². The summed E-state index contributed by atoms with van der Waals surface area (Å²) in [5.41, 5.74) is -1.10. The Morgan fingerprint density at radius 3 is 2.69 bits per heavy atom. The average molecular weight is 190 g/mol. The van der Waals surface area contributed by atoms with Crippen molar-refractivity contribution in [3.05, 3.63) is 0 Å². The molecular formula is C8H18N2O3. The maximum atomic E-state index is 9.85. The summed E-state index contributed by atoms with van der Waals surface area (Å²) >= 11 is 0. The molecule has 0 radical (unpaired) electrons. The molecule has 78 valence electrons. The van der Waals surface area contributed by atoms with Crippen molar-refractivity contribution in [2.45, 2.75) is 45.4 Å². The zero-order valence-corrected chi connectivity index (χ0v) is 8.32. The standard InChI is InChI=1S/C8H18N2O3/c1-6(2)13-10-7(11)9-5-4-8(10,3)12/h6-7,9,11-12H,4-5H2,1-3H3. The van der Waals surface area contributed by atoms with Gasteiger partial charge >= 0.3 is 0 Å². The molecule has 5 nitrogen and oxygen atoms in total. The summed E-state index contributed by atoms with van der Waals surface area (Å²) in [6.07, 6.45) is -0.483. The van der Waals surface area contributed by atoms with Crippen LogP contribution in [0.3, 0.4) is 0 Å². The van der Waals surface area contributed by atoms with Gasteiger partial charge in [-0.05, 0) is 20.8 Å². The van der Waals surface area contributed by atoms with Crippen molar-refractivity contribution < 1.29 is 15.1 Å². The van der Waals surface area contributed by atoms with E-state index in [0.717, 1.165) is 0 Å². The highest BCUT2D eigenvalue weighted by Crippen LogP contribution is 2.22. The Labute approximate surface area is 78.3 Å². The monoisotopic (exact) mass is 190 g/mol. The molecule has 1 heterocycles. The van der Waals surface area contributed by atoms with E-state index in [1.165, 1.54) is 5.06 Å². The lowest BCUT2D eigenvalue weighted by Gasteiger charge is -2.43. The van der Waals surface area contributed by atoms with E-state index in [1.54, 1.807) is 6.92 Å². The zero-order valence-electron chi connectivity index (χ0n) is 8.32. The number of aliphatic hydroxyl groups excluding tert-OH is 1. The average Bonchev–Trinajstić information content (AvgIpc) is 1.96. The second-order valence-corrected chi connectivity index (χ2v) is 3.77. The smallest absolute Gasteiger partial charge is 0.188 e. The van der Waals surface area contributed by atoms with Gasteiger partial charge in [0.15, 0.2) is 6.35 Å². The van der Waals surface area contributed by atoms with Crippen molar-refractivity contribution in [3.8, 4) is 0 Å². The molecule has 2 atom stereocenters. The van der Waals surface area contributed by atoms with E-state index in [-0.39, 0.29) is 6.10 Å². The lowest BCUT2D eigenvalue weighted by atomic mass is 10.1. The Balaban J connectivity index is 2.63. The van der Waals surface area contributed by atoms with Crippen molar-refractivity contribution >= 4 is 0 Å². The number of aliphatic hydroxyl groups is 2. The van der Waals surface area contributed by atoms with Gasteiger partial charge in [0.25, 0.3) is 0 Å². The molecule has 0 spiro atoms. The van der Waals surface area contributed by atoms with E-state index in [1.807, 2.05) is 13.8 Å². The van der Waals surface area contributed by atoms with Gasteiger partial charge in [-0.15, -0.1) is 5.06 Å². The lowest BCUT2D eigenvalue weighted by Crippen LogP contribution is -2.62. The fourth-order valence-corrected chi connectivity index (χ4v) is 1.29. The van der Waals surface area contributed by atoms with Crippen LogP contribution in [0.1, 0.15) is 27.2 Å². The van der Waals surface area contributed by atoms with E-state index in [9.17, 15) is 10.2 Å². The molecule has 1 saturated heterocycles. The summed E-state index contributed by atoms with van der Waals surface area (Å²) in [6.45, 7) is 5.89. The summed E-state index contributed by atoms with van der Waals surface area (Å²) < 4.78 is 0. The second-order valence-electron chi connectivity index (χ2n) is 3.77. The molecule has 1 aliphatic heterocycles. The summed E-state index contributed by atoms with van der Waals surface area (Å²) in [4.78, 5) is 5.29. The molecule has 2 unspecified atom stereocenters. The van der Waals surface area contributed by atoms with Crippen LogP contribution < -0.4 is 5.32 Å². The van der Waals surface area contributed by atoms with Gasteiger partial charge in [0, 0.05) is 13.0 Å². The van der Waals surface area contributed by atoms with E-state index in [0.29, 0.717) is 13.0 Å². The van der Waals surface area contributed by atoms with Crippen LogP contribution >= 0.6 is 0 Å². The fourth-order valence-electron chi connectivity index (χ4n) is 1.29. The Morgan fingerprint density at radius 2 is 2.23 bits per heavy atom. The second kappa shape index (κ2) is 3.89. The fraction of sp³-hybridized carbons (Fsp3) is 1.00. The molecule has 1 fully saturated rings. The lowest BCUT2D eigenvalue weighted by molar-refractivity contribution is -0.371. The molecule has 0 saturated carbocycles. The van der Waals surface area contributed by atoms with Gasteiger partial charge < -0.3 is 10.2 Å².